The van der Waals surface area contributed by atoms with E-state index in [0.717, 1.165) is 5.56 Å². The maximum atomic E-state index is 13.7. The van der Waals surface area contributed by atoms with E-state index in [0.29, 0.717) is 29.6 Å². The van der Waals surface area contributed by atoms with Crippen LogP contribution in [0.3, 0.4) is 0 Å². The van der Waals surface area contributed by atoms with Crippen molar-refractivity contribution in [2.45, 2.75) is 25.9 Å². The first-order valence-corrected chi connectivity index (χ1v) is 12.4. The van der Waals surface area contributed by atoms with E-state index in [1.807, 2.05) is 78.9 Å². The van der Waals surface area contributed by atoms with Gasteiger partial charge in [0.2, 0.25) is 5.91 Å². The summed E-state index contributed by atoms with van der Waals surface area (Å²) in [5.74, 6) is -1.34. The van der Waals surface area contributed by atoms with Crippen LogP contribution in [-0.4, -0.2) is 34.2 Å². The second-order valence-electron chi connectivity index (χ2n) is 9.02. The number of benzene rings is 3. The van der Waals surface area contributed by atoms with Gasteiger partial charge in [0.25, 0.3) is 5.56 Å². The van der Waals surface area contributed by atoms with Crippen molar-refractivity contribution >= 4 is 22.9 Å². The van der Waals surface area contributed by atoms with E-state index in [1.165, 1.54) is 4.68 Å². The summed E-state index contributed by atoms with van der Waals surface area (Å²) in [6.45, 7) is 2.36. The number of hydrogen-bond donors (Lipinski definition) is 2. The third kappa shape index (κ3) is 5.23. The lowest BCUT2D eigenvalue weighted by atomic mass is 10.1. The Bertz CT molecular complexity index is 1470. The summed E-state index contributed by atoms with van der Waals surface area (Å²) in [5, 5.41) is 2.96. The average molecular weight is 497 g/mol. The zero-order chi connectivity index (χ0) is 25.8. The Kier molecular flexibility index (Phi) is 6.98. The highest BCUT2D eigenvalue weighted by Gasteiger charge is 2.51. The molecule has 3 atom stereocenters. The average Bonchev–Trinajstić information content (AvgIpc) is 3.73. The molecule has 0 saturated heterocycles. The number of carbonyl (C=O) groups excluding carboxylic acids is 2. The van der Waals surface area contributed by atoms with Crippen LogP contribution in [0.4, 0.5) is 0 Å². The van der Waals surface area contributed by atoms with Gasteiger partial charge in [-0.05, 0) is 31.0 Å². The van der Waals surface area contributed by atoms with Gasteiger partial charge in [0.15, 0.2) is 0 Å². The quantitative estimate of drug-likeness (QED) is 0.344. The highest BCUT2D eigenvalue weighted by atomic mass is 16.5. The van der Waals surface area contributed by atoms with Gasteiger partial charge in [-0.1, -0.05) is 72.8 Å². The van der Waals surface area contributed by atoms with E-state index in [9.17, 15) is 14.4 Å². The Morgan fingerprint density at radius 1 is 1.00 bits per heavy atom. The number of fused-ring (bicyclic) bond motifs is 1. The van der Waals surface area contributed by atoms with Crippen LogP contribution in [0.5, 0.6) is 0 Å². The number of para-hydroxylation sites is 2. The summed E-state index contributed by atoms with van der Waals surface area (Å²) in [5.41, 5.74) is 5.84. The molecule has 4 aromatic rings. The second-order valence-corrected chi connectivity index (χ2v) is 9.02. The van der Waals surface area contributed by atoms with Crippen LogP contribution >= 0.6 is 0 Å². The minimum atomic E-state index is -0.828. The van der Waals surface area contributed by atoms with Gasteiger partial charge in [-0.25, -0.2) is 9.66 Å². The molecule has 8 heteroatoms. The van der Waals surface area contributed by atoms with Crippen LogP contribution in [-0.2, 0) is 20.9 Å². The zero-order valence-electron chi connectivity index (χ0n) is 20.5. The Morgan fingerprint density at radius 3 is 2.41 bits per heavy atom. The Hall–Kier alpha value is -4.46. The standard InChI is InChI=1S/C29H28N4O4/c1-2-37-29(36)22-17-21(22)26(27(34)30-18-19-11-5-3-6-12-19)32-33-24-16-10-9-15-23(24)31-25(28(33)35)20-13-7-4-8-14-20/h3-16,21-22,26,32H,2,17-18H2,1H3,(H,30,34). The third-order valence-electron chi connectivity index (χ3n) is 6.53. The van der Waals surface area contributed by atoms with E-state index in [1.54, 1.807) is 13.0 Å². The summed E-state index contributed by atoms with van der Waals surface area (Å²) < 4.78 is 6.59. The van der Waals surface area contributed by atoms with Crippen molar-refractivity contribution in [1.29, 1.82) is 0 Å². The molecule has 188 valence electrons. The zero-order valence-corrected chi connectivity index (χ0v) is 20.5. The normalized spacial score (nSPS) is 17.1. The number of amides is 1. The molecule has 3 aromatic carbocycles. The van der Waals surface area contributed by atoms with E-state index in [4.69, 9.17) is 4.74 Å². The molecule has 8 nitrogen and oxygen atoms in total. The maximum absolute atomic E-state index is 13.7. The number of hydrogen-bond acceptors (Lipinski definition) is 6. The van der Waals surface area contributed by atoms with Crippen molar-refractivity contribution in [1.82, 2.24) is 15.0 Å². The van der Waals surface area contributed by atoms with Crippen molar-refractivity contribution in [2.24, 2.45) is 11.8 Å². The summed E-state index contributed by atoms with van der Waals surface area (Å²) in [4.78, 5) is 44.2. The van der Waals surface area contributed by atoms with Gasteiger partial charge < -0.3 is 15.5 Å². The van der Waals surface area contributed by atoms with E-state index < -0.39 is 12.0 Å². The molecule has 1 aliphatic carbocycles. The molecular formula is C29H28N4O4. The third-order valence-corrected chi connectivity index (χ3v) is 6.53. The topological polar surface area (TPSA) is 102 Å². The Labute approximate surface area is 214 Å². The summed E-state index contributed by atoms with van der Waals surface area (Å²) in [7, 11) is 0. The first-order chi connectivity index (χ1) is 18.1. The number of nitrogens with one attached hydrogen (secondary N) is 2. The smallest absolute Gasteiger partial charge is 0.309 e. The SMILES string of the molecule is CCOC(=O)C1CC1C(Nn1c(=O)c(-c2ccccc2)nc2ccccc21)C(=O)NCc1ccccc1. The lowest BCUT2D eigenvalue weighted by Crippen LogP contribution is -2.48. The molecule has 1 fully saturated rings. The van der Waals surface area contributed by atoms with E-state index in [2.05, 4.69) is 15.7 Å². The molecule has 1 amide bonds. The van der Waals surface area contributed by atoms with E-state index in [-0.39, 0.29) is 35.7 Å². The molecule has 1 aromatic heterocycles. The monoisotopic (exact) mass is 496 g/mol. The molecule has 5 rings (SSSR count). The van der Waals surface area contributed by atoms with Crippen molar-refractivity contribution in [3.05, 3.63) is 101 Å². The van der Waals surface area contributed by atoms with Crippen LogP contribution in [0.2, 0.25) is 0 Å². The number of nitrogens with zero attached hydrogens (tertiary/aromatic N) is 2. The first-order valence-electron chi connectivity index (χ1n) is 12.4. The van der Waals surface area contributed by atoms with Crippen molar-refractivity contribution in [3.8, 4) is 11.3 Å². The number of ether oxygens (including phenoxy) is 1. The lowest BCUT2D eigenvalue weighted by molar-refractivity contribution is -0.145. The Balaban J connectivity index is 1.51. The molecule has 0 spiro atoms. The predicted molar refractivity (Wildman–Crippen MR) is 141 cm³/mol. The number of carbonyl (C=O) groups is 2. The van der Waals surface area contributed by atoms with Gasteiger partial charge >= 0.3 is 5.97 Å². The van der Waals surface area contributed by atoms with Crippen LogP contribution in [0.25, 0.3) is 22.3 Å². The minimum absolute atomic E-state index is 0.271. The highest BCUT2D eigenvalue weighted by Crippen LogP contribution is 2.42. The number of rotatable bonds is 9. The molecule has 1 aliphatic rings. The van der Waals surface area contributed by atoms with Gasteiger partial charge in [0, 0.05) is 18.0 Å². The molecule has 0 bridgehead atoms. The molecule has 0 aliphatic heterocycles. The minimum Gasteiger partial charge on any atom is -0.466 e. The van der Waals surface area contributed by atoms with Gasteiger partial charge in [0.1, 0.15) is 11.7 Å². The molecule has 2 N–H and O–H groups in total. The van der Waals surface area contributed by atoms with Crippen molar-refractivity contribution in [3.63, 3.8) is 0 Å². The molecule has 3 unspecified atom stereocenters. The maximum Gasteiger partial charge on any atom is 0.309 e. The molecule has 1 heterocycles. The molecular weight excluding hydrogens is 468 g/mol. The van der Waals surface area contributed by atoms with Gasteiger partial charge in [0.05, 0.1) is 23.6 Å². The fourth-order valence-corrected chi connectivity index (χ4v) is 4.53. The number of aromatic nitrogens is 2. The second kappa shape index (κ2) is 10.7. The predicted octanol–water partition coefficient (Wildman–Crippen LogP) is 3.49. The van der Waals surface area contributed by atoms with Crippen LogP contribution in [0.15, 0.2) is 89.7 Å². The molecule has 37 heavy (non-hydrogen) atoms. The van der Waals surface area contributed by atoms with Gasteiger partial charge in [-0.2, -0.15) is 0 Å². The largest absolute Gasteiger partial charge is 0.466 e. The summed E-state index contributed by atoms with van der Waals surface area (Å²) in [6, 6.07) is 25.2. The lowest BCUT2D eigenvalue weighted by Gasteiger charge is -2.22. The molecule has 0 radical (unpaired) electrons. The van der Waals surface area contributed by atoms with Crippen LogP contribution < -0.4 is 16.3 Å². The fraction of sp³-hybridized carbons (Fsp3) is 0.241. The Morgan fingerprint density at radius 2 is 1.68 bits per heavy atom. The van der Waals surface area contributed by atoms with Crippen molar-refractivity contribution < 1.29 is 14.3 Å². The van der Waals surface area contributed by atoms with E-state index >= 15 is 0 Å². The fourth-order valence-electron chi connectivity index (χ4n) is 4.53. The first kappa shape index (κ1) is 24.2. The van der Waals surface area contributed by atoms with Crippen molar-refractivity contribution in [2.75, 3.05) is 12.0 Å². The summed E-state index contributed by atoms with van der Waals surface area (Å²) >= 11 is 0. The summed E-state index contributed by atoms with van der Waals surface area (Å²) in [6.07, 6.45) is 0.499. The highest BCUT2D eigenvalue weighted by molar-refractivity contribution is 5.87. The van der Waals surface area contributed by atoms with Crippen LogP contribution in [0.1, 0.15) is 18.9 Å². The number of esters is 1. The van der Waals surface area contributed by atoms with Crippen LogP contribution in [0, 0.1) is 11.8 Å². The van der Waals surface area contributed by atoms with Gasteiger partial charge in [-0.15, -0.1) is 0 Å². The molecule has 1 saturated carbocycles. The van der Waals surface area contributed by atoms with Gasteiger partial charge in [-0.3, -0.25) is 14.4 Å².